The van der Waals surface area contributed by atoms with Crippen LogP contribution in [-0.2, 0) is 9.47 Å². The van der Waals surface area contributed by atoms with Gasteiger partial charge in [-0.1, -0.05) is 13.8 Å². The Kier molecular flexibility index (Phi) is 2.02. The Balaban J connectivity index is 1.44. The van der Waals surface area contributed by atoms with Crippen LogP contribution >= 0.6 is 0 Å². The molecule has 122 valence electrons. The van der Waals surface area contributed by atoms with Crippen molar-refractivity contribution in [1.82, 2.24) is 0 Å². The van der Waals surface area contributed by atoms with Gasteiger partial charge in [0.25, 0.3) is 0 Å². The van der Waals surface area contributed by atoms with Crippen LogP contribution in [0.4, 0.5) is 0 Å². The van der Waals surface area contributed by atoms with E-state index in [1.165, 1.54) is 51.4 Å². The number of fused-ring (bicyclic) bond motifs is 5. The molecule has 22 heavy (non-hydrogen) atoms. The van der Waals surface area contributed by atoms with Crippen molar-refractivity contribution in [3.8, 4) is 0 Å². The molecule has 4 aliphatic carbocycles. The van der Waals surface area contributed by atoms with E-state index < -0.39 is 0 Å². The first kappa shape index (κ1) is 12.3. The second-order valence-corrected chi connectivity index (χ2v) is 10.0. The van der Waals surface area contributed by atoms with E-state index in [1.807, 2.05) is 0 Å². The van der Waals surface area contributed by atoms with Crippen LogP contribution in [0.25, 0.3) is 0 Å². The van der Waals surface area contributed by atoms with Crippen molar-refractivity contribution in [2.75, 3.05) is 13.2 Å². The average molecular weight is 303 g/mol. The lowest BCUT2D eigenvalue weighted by Gasteiger charge is -2.69. The fourth-order valence-corrected chi connectivity index (χ4v) is 8.41. The third-order valence-corrected chi connectivity index (χ3v) is 9.78. The quantitative estimate of drug-likeness (QED) is 0.626. The second kappa shape index (κ2) is 3.61. The highest BCUT2D eigenvalue weighted by atomic mass is 16.6. The van der Waals surface area contributed by atoms with Crippen molar-refractivity contribution < 1.29 is 10.8 Å². The summed E-state index contributed by atoms with van der Waals surface area (Å²) in [6.45, 7) is 5.79. The Morgan fingerprint density at radius 3 is 2.68 bits per heavy atom. The van der Waals surface area contributed by atoms with Gasteiger partial charge in [-0.3, -0.25) is 0 Å². The molecule has 2 saturated heterocycles. The van der Waals surface area contributed by atoms with Crippen LogP contribution in [-0.4, -0.2) is 24.9 Å². The molecule has 2 heteroatoms. The third-order valence-electron chi connectivity index (χ3n) is 9.78. The largest absolute Gasteiger partial charge is 0.377 e. The van der Waals surface area contributed by atoms with Crippen LogP contribution in [0.2, 0.25) is 0 Å². The second-order valence-electron chi connectivity index (χ2n) is 10.0. The normalized spacial score (nSPS) is 71.9. The van der Waals surface area contributed by atoms with Crippen LogP contribution in [0.15, 0.2) is 0 Å². The molecule has 0 unspecified atom stereocenters. The fraction of sp³-hybridized carbons (Fsp3) is 1.00. The molecule has 2 nitrogen and oxygen atoms in total. The van der Waals surface area contributed by atoms with Gasteiger partial charge >= 0.3 is 0 Å². The predicted molar refractivity (Wildman–Crippen MR) is 84.5 cm³/mol. The smallest absolute Gasteiger partial charge is 0.0945 e. The summed E-state index contributed by atoms with van der Waals surface area (Å²) in [5, 5.41) is 0. The highest BCUT2D eigenvalue weighted by Crippen LogP contribution is 2.77. The lowest BCUT2D eigenvalue weighted by atomic mass is 9.38. The summed E-state index contributed by atoms with van der Waals surface area (Å²) in [5.74, 6) is 2.48. The summed E-state index contributed by atoms with van der Waals surface area (Å²) in [6, 6.07) is 0. The average Bonchev–Trinajstić information content (AvgIpc) is 3.24. The predicted octanol–water partition coefficient (Wildman–Crippen LogP) is 4.18. The van der Waals surface area contributed by atoms with Gasteiger partial charge in [-0.05, 0) is 80.0 Å². The number of hydrogen-bond donors (Lipinski definition) is 0. The summed E-state index contributed by atoms with van der Waals surface area (Å²) in [7, 11) is 0. The van der Waals surface area contributed by atoms with Crippen molar-refractivity contribution in [1.29, 1.82) is 0 Å². The van der Waals surface area contributed by atoms with E-state index >= 15 is 0 Å². The summed E-state index contributed by atoms with van der Waals surface area (Å²) >= 11 is 0. The maximum Gasteiger partial charge on any atom is 0.0945 e. The molecule has 0 amide bonds. The number of epoxide rings is 1. The molecule has 2 aliphatic heterocycles. The zero-order chi connectivity index (χ0) is 15.7. The molecule has 6 aliphatic rings. The van der Waals surface area contributed by atoms with Gasteiger partial charge in [-0.15, -0.1) is 0 Å². The highest BCUT2D eigenvalue weighted by molar-refractivity contribution is 5.22. The summed E-state index contributed by atoms with van der Waals surface area (Å²) < 4.78 is 20.3. The van der Waals surface area contributed by atoms with Crippen molar-refractivity contribution in [2.45, 2.75) is 76.9 Å². The third kappa shape index (κ3) is 1.21. The number of hydrogen-bond acceptors (Lipinski definition) is 2. The molecule has 0 aromatic carbocycles. The molecule has 6 rings (SSSR count). The molecule has 2 heterocycles. The van der Waals surface area contributed by atoms with Crippen LogP contribution < -0.4 is 0 Å². The molecular formula is C20H30O2. The minimum atomic E-state index is -0.274. The summed E-state index contributed by atoms with van der Waals surface area (Å²) in [4.78, 5) is 0. The fourth-order valence-electron chi connectivity index (χ4n) is 8.41. The Hall–Kier alpha value is -0.0800. The standard InChI is InChI=1S/C20H30O2/c1-17-11-21-16(17)5-6-18(2)15(17)4-3-13-9-14-10-19(13,18)7-8-20(14)12-22-20/h13-16H,3-12H2,1-2H3/t13-,14+,15-,16+,17-,18-,19-,20-/m0/s1/i11D/t11-,13-,14+,15-,16+,17-,18-,19-,20-. The van der Waals surface area contributed by atoms with Gasteiger partial charge in [0.15, 0.2) is 0 Å². The lowest BCUT2D eigenvalue weighted by Crippen LogP contribution is -2.67. The van der Waals surface area contributed by atoms with Gasteiger partial charge in [-0.25, -0.2) is 0 Å². The monoisotopic (exact) mass is 303 g/mol. The van der Waals surface area contributed by atoms with Crippen molar-refractivity contribution in [3.05, 3.63) is 0 Å². The molecule has 9 atom stereocenters. The maximum atomic E-state index is 8.44. The van der Waals surface area contributed by atoms with E-state index in [4.69, 9.17) is 10.8 Å². The van der Waals surface area contributed by atoms with E-state index in [0.29, 0.717) is 28.5 Å². The van der Waals surface area contributed by atoms with E-state index in [1.54, 1.807) is 0 Å². The first-order valence-electron chi connectivity index (χ1n) is 10.2. The Bertz CT molecular complexity index is 574. The SMILES string of the molecule is [2H][C@@H]1O[C@@H]2CC[C@@]3(C)[C@@H](CC[C@H]4C[C@@H]5C[C@@]43CC[C@]53CO3)[C@]12C. The van der Waals surface area contributed by atoms with Gasteiger partial charge in [0.2, 0.25) is 0 Å². The van der Waals surface area contributed by atoms with Gasteiger partial charge < -0.3 is 9.47 Å². The molecule has 2 spiro atoms. The van der Waals surface area contributed by atoms with Crippen LogP contribution in [0, 0.1) is 34.0 Å². The summed E-state index contributed by atoms with van der Waals surface area (Å²) in [6.07, 6.45) is 11.2. The zero-order valence-corrected chi connectivity index (χ0v) is 14.1. The van der Waals surface area contributed by atoms with E-state index in [9.17, 15) is 0 Å². The first-order valence-corrected chi connectivity index (χ1v) is 9.66. The van der Waals surface area contributed by atoms with Crippen molar-refractivity contribution in [2.24, 2.45) is 34.0 Å². The van der Waals surface area contributed by atoms with Gasteiger partial charge in [0.05, 0.1) is 26.3 Å². The van der Waals surface area contributed by atoms with E-state index in [0.717, 1.165) is 18.4 Å². The molecule has 2 bridgehead atoms. The minimum Gasteiger partial charge on any atom is -0.377 e. The van der Waals surface area contributed by atoms with Gasteiger partial charge in [-0.2, -0.15) is 0 Å². The Morgan fingerprint density at radius 1 is 1.05 bits per heavy atom. The summed E-state index contributed by atoms with van der Waals surface area (Å²) in [5.41, 5.74) is 1.43. The van der Waals surface area contributed by atoms with E-state index in [2.05, 4.69) is 13.8 Å². The molecule has 6 fully saturated rings. The Labute approximate surface area is 135 Å². The first-order chi connectivity index (χ1) is 10.9. The van der Waals surface area contributed by atoms with Crippen LogP contribution in [0.5, 0.6) is 0 Å². The molecule has 4 saturated carbocycles. The minimum absolute atomic E-state index is 0.121. The Morgan fingerprint density at radius 2 is 1.91 bits per heavy atom. The number of rotatable bonds is 0. The number of ether oxygens (including phenoxy) is 2. The van der Waals surface area contributed by atoms with E-state index in [-0.39, 0.29) is 12.0 Å². The van der Waals surface area contributed by atoms with Crippen LogP contribution in [0.1, 0.15) is 66.6 Å². The van der Waals surface area contributed by atoms with Crippen molar-refractivity contribution >= 4 is 0 Å². The van der Waals surface area contributed by atoms with Gasteiger partial charge in [0, 0.05) is 5.41 Å². The topological polar surface area (TPSA) is 21.8 Å². The highest BCUT2D eigenvalue weighted by Gasteiger charge is 2.73. The maximum absolute atomic E-state index is 8.44. The van der Waals surface area contributed by atoms with Crippen LogP contribution in [0.3, 0.4) is 0 Å². The lowest BCUT2D eigenvalue weighted by molar-refractivity contribution is -0.287. The zero-order valence-electron chi connectivity index (χ0n) is 15.1. The molecule has 0 N–H and O–H groups in total. The van der Waals surface area contributed by atoms with Gasteiger partial charge in [0.1, 0.15) is 0 Å². The molecular weight excluding hydrogens is 272 g/mol. The molecule has 0 radical (unpaired) electrons. The molecule has 0 aromatic heterocycles. The molecule has 0 aromatic rings. The van der Waals surface area contributed by atoms with Crippen molar-refractivity contribution in [3.63, 3.8) is 0 Å².